The molecule has 0 amide bonds. The zero-order valence-corrected chi connectivity index (χ0v) is 15.2. The molecule has 4 heteroatoms. The van der Waals surface area contributed by atoms with Crippen LogP contribution < -0.4 is 10.2 Å². The van der Waals surface area contributed by atoms with Crippen LogP contribution in [0.15, 0.2) is 18.2 Å². The molecule has 1 heterocycles. The first-order valence-corrected chi connectivity index (χ1v) is 8.19. The molecule has 22 heavy (non-hydrogen) atoms. The lowest BCUT2D eigenvalue weighted by Gasteiger charge is -2.32. The highest BCUT2D eigenvalue weighted by Crippen LogP contribution is 2.37. The minimum atomic E-state index is -0.347. The predicted octanol–water partition coefficient (Wildman–Crippen LogP) is 3.90. The Labute approximate surface area is 135 Å². The van der Waals surface area contributed by atoms with Crippen LogP contribution in [0.25, 0.3) is 0 Å². The van der Waals surface area contributed by atoms with Crippen molar-refractivity contribution >= 4 is 12.6 Å². The summed E-state index contributed by atoms with van der Waals surface area (Å²) in [6.07, 6.45) is 0.144. The SMILES string of the molecule is CC(C)Oc1cc(B2OC(C)(C)C(C)(C)O2)ccc1C(C)C. The van der Waals surface area contributed by atoms with Crippen molar-refractivity contribution in [3.05, 3.63) is 23.8 Å². The number of ether oxygens (including phenoxy) is 1. The van der Waals surface area contributed by atoms with Crippen LogP contribution in [-0.2, 0) is 9.31 Å². The van der Waals surface area contributed by atoms with E-state index in [2.05, 4.69) is 59.7 Å². The van der Waals surface area contributed by atoms with E-state index in [9.17, 15) is 0 Å². The molecule has 1 aliphatic rings. The standard InChI is InChI=1S/C18H29BO3/c1-12(2)15-10-9-14(11-16(15)20-13(3)4)19-21-17(5,6)18(7,8)22-19/h9-13H,1-8H3. The van der Waals surface area contributed by atoms with Crippen molar-refractivity contribution in [1.82, 2.24) is 0 Å². The fourth-order valence-electron chi connectivity index (χ4n) is 2.51. The van der Waals surface area contributed by atoms with E-state index in [0.717, 1.165) is 11.2 Å². The monoisotopic (exact) mass is 304 g/mol. The quantitative estimate of drug-likeness (QED) is 0.790. The first-order chi connectivity index (χ1) is 10.0. The Morgan fingerprint density at radius 3 is 1.95 bits per heavy atom. The van der Waals surface area contributed by atoms with E-state index in [1.54, 1.807) is 0 Å². The Morgan fingerprint density at radius 1 is 0.955 bits per heavy atom. The summed E-state index contributed by atoms with van der Waals surface area (Å²) in [5.41, 5.74) is 1.58. The number of hydrogen-bond acceptors (Lipinski definition) is 3. The van der Waals surface area contributed by atoms with E-state index >= 15 is 0 Å². The lowest BCUT2D eigenvalue weighted by molar-refractivity contribution is 0.00578. The largest absolute Gasteiger partial charge is 0.494 e. The molecular formula is C18H29BO3. The summed E-state index contributed by atoms with van der Waals surface area (Å²) in [5.74, 6) is 1.35. The van der Waals surface area contributed by atoms with Crippen molar-refractivity contribution < 1.29 is 14.0 Å². The molecule has 3 nitrogen and oxygen atoms in total. The van der Waals surface area contributed by atoms with Crippen molar-refractivity contribution in [1.29, 1.82) is 0 Å². The fraction of sp³-hybridized carbons (Fsp3) is 0.667. The molecule has 0 unspecified atom stereocenters. The second-order valence-corrected chi connectivity index (χ2v) is 7.71. The molecule has 0 aliphatic carbocycles. The molecule has 0 bridgehead atoms. The van der Waals surface area contributed by atoms with Gasteiger partial charge in [0, 0.05) is 0 Å². The second-order valence-electron chi connectivity index (χ2n) is 7.71. The third-order valence-corrected chi connectivity index (χ3v) is 4.55. The molecule has 1 aliphatic heterocycles. The fourth-order valence-corrected chi connectivity index (χ4v) is 2.51. The number of hydrogen-bond donors (Lipinski definition) is 0. The van der Waals surface area contributed by atoms with E-state index in [-0.39, 0.29) is 24.4 Å². The van der Waals surface area contributed by atoms with Crippen LogP contribution in [0.5, 0.6) is 5.75 Å². The molecule has 1 aromatic carbocycles. The van der Waals surface area contributed by atoms with Gasteiger partial charge in [-0.25, -0.2) is 0 Å². The van der Waals surface area contributed by atoms with E-state index in [4.69, 9.17) is 14.0 Å². The molecule has 0 radical (unpaired) electrons. The molecule has 1 fully saturated rings. The second kappa shape index (κ2) is 5.90. The Bertz CT molecular complexity index is 519. The summed E-state index contributed by atoms with van der Waals surface area (Å²) >= 11 is 0. The first kappa shape index (κ1) is 17.4. The van der Waals surface area contributed by atoms with E-state index in [1.165, 1.54) is 5.56 Å². The van der Waals surface area contributed by atoms with Crippen LogP contribution in [-0.4, -0.2) is 24.4 Å². The summed E-state index contributed by atoms with van der Waals surface area (Å²) in [6, 6.07) is 6.28. The maximum absolute atomic E-state index is 6.13. The Morgan fingerprint density at radius 2 is 1.50 bits per heavy atom. The number of benzene rings is 1. The van der Waals surface area contributed by atoms with Gasteiger partial charge in [0.05, 0.1) is 17.3 Å². The van der Waals surface area contributed by atoms with E-state index in [1.807, 2.05) is 13.8 Å². The third-order valence-electron chi connectivity index (χ3n) is 4.55. The van der Waals surface area contributed by atoms with Gasteiger partial charge in [0.2, 0.25) is 0 Å². The van der Waals surface area contributed by atoms with Gasteiger partial charge in [0.15, 0.2) is 0 Å². The van der Waals surface area contributed by atoms with Crippen molar-refractivity contribution in [2.75, 3.05) is 0 Å². The van der Waals surface area contributed by atoms with Crippen LogP contribution in [0.4, 0.5) is 0 Å². The molecule has 1 saturated heterocycles. The minimum Gasteiger partial charge on any atom is -0.491 e. The average Bonchev–Trinajstić information content (AvgIpc) is 2.57. The summed E-state index contributed by atoms with van der Waals surface area (Å²) < 4.78 is 18.3. The van der Waals surface area contributed by atoms with Gasteiger partial charge in [-0.15, -0.1) is 0 Å². The van der Waals surface area contributed by atoms with Crippen LogP contribution >= 0.6 is 0 Å². The smallest absolute Gasteiger partial charge is 0.491 e. The van der Waals surface area contributed by atoms with Gasteiger partial charge >= 0.3 is 7.12 Å². The first-order valence-electron chi connectivity index (χ1n) is 8.19. The molecule has 0 atom stereocenters. The number of rotatable bonds is 4. The lowest BCUT2D eigenvalue weighted by atomic mass is 9.78. The molecule has 0 aromatic heterocycles. The van der Waals surface area contributed by atoms with Gasteiger partial charge in [-0.1, -0.05) is 26.0 Å². The van der Waals surface area contributed by atoms with Crippen LogP contribution in [0.3, 0.4) is 0 Å². The van der Waals surface area contributed by atoms with Crippen molar-refractivity contribution in [3.8, 4) is 5.75 Å². The van der Waals surface area contributed by atoms with Crippen molar-refractivity contribution in [3.63, 3.8) is 0 Å². The summed E-state index contributed by atoms with van der Waals surface area (Å²) in [5, 5.41) is 0. The van der Waals surface area contributed by atoms with E-state index in [0.29, 0.717) is 5.92 Å². The molecule has 1 aromatic rings. The maximum atomic E-state index is 6.13. The molecular weight excluding hydrogens is 275 g/mol. The summed E-state index contributed by atoms with van der Waals surface area (Å²) in [4.78, 5) is 0. The van der Waals surface area contributed by atoms with Crippen molar-refractivity contribution in [2.45, 2.75) is 78.6 Å². The zero-order valence-electron chi connectivity index (χ0n) is 15.2. The molecule has 0 saturated carbocycles. The third kappa shape index (κ3) is 3.33. The molecule has 0 N–H and O–H groups in total. The Kier molecular flexibility index (Phi) is 4.65. The molecule has 2 rings (SSSR count). The van der Waals surface area contributed by atoms with E-state index < -0.39 is 0 Å². The van der Waals surface area contributed by atoms with Gasteiger partial charge in [-0.05, 0) is 64.6 Å². The Balaban J connectivity index is 2.34. The average molecular weight is 304 g/mol. The molecule has 122 valence electrons. The van der Waals surface area contributed by atoms with Gasteiger partial charge in [0.1, 0.15) is 5.75 Å². The highest BCUT2D eigenvalue weighted by atomic mass is 16.7. The predicted molar refractivity (Wildman–Crippen MR) is 92.0 cm³/mol. The summed E-state index contributed by atoms with van der Waals surface area (Å²) in [6.45, 7) is 16.7. The van der Waals surface area contributed by atoms with Crippen LogP contribution in [0.1, 0.15) is 66.9 Å². The Hall–Kier alpha value is -0.995. The van der Waals surface area contributed by atoms with Crippen LogP contribution in [0.2, 0.25) is 0 Å². The van der Waals surface area contributed by atoms with Crippen LogP contribution in [0, 0.1) is 0 Å². The zero-order chi connectivity index (χ0) is 16.7. The topological polar surface area (TPSA) is 27.7 Å². The van der Waals surface area contributed by atoms with Gasteiger partial charge in [-0.2, -0.15) is 0 Å². The maximum Gasteiger partial charge on any atom is 0.494 e. The highest BCUT2D eigenvalue weighted by Gasteiger charge is 2.51. The summed E-state index contributed by atoms with van der Waals surface area (Å²) in [7, 11) is -0.347. The highest BCUT2D eigenvalue weighted by molar-refractivity contribution is 6.62. The van der Waals surface area contributed by atoms with Gasteiger partial charge < -0.3 is 14.0 Å². The van der Waals surface area contributed by atoms with Gasteiger partial charge in [0.25, 0.3) is 0 Å². The molecule has 0 spiro atoms. The minimum absolute atomic E-state index is 0.144. The van der Waals surface area contributed by atoms with Crippen molar-refractivity contribution in [2.24, 2.45) is 0 Å². The lowest BCUT2D eigenvalue weighted by Crippen LogP contribution is -2.41. The normalized spacial score (nSPS) is 20.0. The van der Waals surface area contributed by atoms with Gasteiger partial charge in [-0.3, -0.25) is 0 Å².